The van der Waals surface area contributed by atoms with Gasteiger partial charge >= 0.3 is 0 Å². The monoisotopic (exact) mass is 328 g/mol. The van der Waals surface area contributed by atoms with E-state index in [1.165, 1.54) is 18.5 Å². The van der Waals surface area contributed by atoms with Crippen molar-refractivity contribution in [3.8, 4) is 0 Å². The van der Waals surface area contributed by atoms with E-state index < -0.39 is 10.0 Å². The minimum Gasteiger partial charge on any atom is -0.263 e. The number of nitrogens with zero attached hydrogens (tertiary/aromatic N) is 2. The van der Waals surface area contributed by atoms with Crippen LogP contribution in [0.15, 0.2) is 40.9 Å². The van der Waals surface area contributed by atoms with Crippen LogP contribution in [0.5, 0.6) is 0 Å². The van der Waals surface area contributed by atoms with Gasteiger partial charge in [-0.3, -0.25) is 4.98 Å². The van der Waals surface area contributed by atoms with Crippen molar-refractivity contribution in [3.63, 3.8) is 0 Å². The van der Waals surface area contributed by atoms with Gasteiger partial charge in [0.05, 0.1) is 11.1 Å². The smallest absolute Gasteiger partial charge is 0.246 e. The second kappa shape index (κ2) is 5.44. The van der Waals surface area contributed by atoms with Crippen molar-refractivity contribution < 1.29 is 8.42 Å². The fraction of sp³-hybridized carbons (Fsp3) is 0.308. The van der Waals surface area contributed by atoms with Gasteiger partial charge in [-0.25, -0.2) is 8.42 Å². The summed E-state index contributed by atoms with van der Waals surface area (Å²) in [4.78, 5) is 5.05. The molecule has 106 valence electrons. The molecule has 1 fully saturated rings. The molecular formula is C13H13ClN2O2S2. The quantitative estimate of drug-likeness (QED) is 0.868. The van der Waals surface area contributed by atoms with Gasteiger partial charge in [-0.15, -0.1) is 11.3 Å². The molecule has 20 heavy (non-hydrogen) atoms. The number of halogens is 1. The van der Waals surface area contributed by atoms with Crippen molar-refractivity contribution >= 4 is 33.0 Å². The van der Waals surface area contributed by atoms with Crippen LogP contribution < -0.4 is 0 Å². The second-order valence-corrected chi connectivity index (χ2v) is 7.84. The van der Waals surface area contributed by atoms with E-state index in [1.807, 2.05) is 17.5 Å². The molecule has 1 saturated heterocycles. The highest BCUT2D eigenvalue weighted by molar-refractivity contribution is 7.89. The van der Waals surface area contributed by atoms with Gasteiger partial charge in [0.15, 0.2) is 0 Å². The Morgan fingerprint density at radius 2 is 2.25 bits per heavy atom. The molecule has 1 aliphatic rings. The van der Waals surface area contributed by atoms with Crippen molar-refractivity contribution in [2.45, 2.75) is 23.8 Å². The molecule has 1 unspecified atom stereocenters. The van der Waals surface area contributed by atoms with E-state index in [2.05, 4.69) is 4.98 Å². The average molecular weight is 329 g/mol. The molecule has 0 N–H and O–H groups in total. The molecule has 7 heteroatoms. The number of aromatic nitrogens is 1. The molecule has 1 atom stereocenters. The number of thiophene rings is 1. The van der Waals surface area contributed by atoms with Gasteiger partial charge in [-0.2, -0.15) is 4.31 Å². The number of sulfonamides is 1. The number of rotatable bonds is 3. The molecule has 0 radical (unpaired) electrons. The van der Waals surface area contributed by atoms with Gasteiger partial charge in [0.2, 0.25) is 10.0 Å². The molecule has 2 aromatic rings. The molecule has 2 aromatic heterocycles. The Morgan fingerprint density at radius 1 is 1.40 bits per heavy atom. The summed E-state index contributed by atoms with van der Waals surface area (Å²) in [6, 6.07) is 5.34. The SMILES string of the molecule is O=S(=O)(c1cnccc1Cl)N1CCCC1c1cccs1. The molecule has 3 heterocycles. The Hall–Kier alpha value is -0.950. The van der Waals surface area contributed by atoms with Gasteiger partial charge in [0, 0.05) is 23.8 Å². The Labute approximate surface area is 127 Å². The summed E-state index contributed by atoms with van der Waals surface area (Å²) in [7, 11) is -3.60. The van der Waals surface area contributed by atoms with Crippen LogP contribution in [0.1, 0.15) is 23.8 Å². The molecule has 0 bridgehead atoms. The molecule has 4 nitrogen and oxygen atoms in total. The van der Waals surface area contributed by atoms with Crippen molar-refractivity contribution in [1.29, 1.82) is 0 Å². The number of hydrogen-bond acceptors (Lipinski definition) is 4. The van der Waals surface area contributed by atoms with E-state index in [9.17, 15) is 8.42 Å². The van der Waals surface area contributed by atoms with Gasteiger partial charge in [0.1, 0.15) is 4.90 Å². The van der Waals surface area contributed by atoms with E-state index in [-0.39, 0.29) is 16.0 Å². The van der Waals surface area contributed by atoms with Crippen LogP contribution >= 0.6 is 22.9 Å². The summed E-state index contributed by atoms with van der Waals surface area (Å²) in [5, 5.41) is 2.19. The Morgan fingerprint density at radius 3 is 2.95 bits per heavy atom. The van der Waals surface area contributed by atoms with Crippen molar-refractivity contribution in [1.82, 2.24) is 9.29 Å². The number of pyridine rings is 1. The van der Waals surface area contributed by atoms with Crippen LogP contribution in [0.25, 0.3) is 0 Å². The normalized spacial score (nSPS) is 20.4. The molecule has 0 spiro atoms. The molecule has 3 rings (SSSR count). The van der Waals surface area contributed by atoms with Gasteiger partial charge < -0.3 is 0 Å². The van der Waals surface area contributed by atoms with E-state index in [0.29, 0.717) is 6.54 Å². The van der Waals surface area contributed by atoms with Crippen LogP contribution in [-0.2, 0) is 10.0 Å². The molecule has 0 aliphatic carbocycles. The summed E-state index contributed by atoms with van der Waals surface area (Å²) in [5.41, 5.74) is 0. The van der Waals surface area contributed by atoms with Gasteiger partial charge in [0.25, 0.3) is 0 Å². The first-order valence-electron chi connectivity index (χ1n) is 6.25. The summed E-state index contributed by atoms with van der Waals surface area (Å²) < 4.78 is 27.1. The van der Waals surface area contributed by atoms with Crippen LogP contribution in [0.4, 0.5) is 0 Å². The average Bonchev–Trinajstić information content (AvgIpc) is 3.10. The zero-order chi connectivity index (χ0) is 14.2. The lowest BCUT2D eigenvalue weighted by Gasteiger charge is -2.23. The maximum Gasteiger partial charge on any atom is 0.246 e. The minimum atomic E-state index is -3.60. The topological polar surface area (TPSA) is 50.3 Å². The fourth-order valence-electron chi connectivity index (χ4n) is 2.47. The lowest BCUT2D eigenvalue weighted by molar-refractivity contribution is 0.401. The highest BCUT2D eigenvalue weighted by atomic mass is 35.5. The first kappa shape index (κ1) is 14.0. The van der Waals surface area contributed by atoms with Crippen molar-refractivity contribution in [3.05, 3.63) is 45.9 Å². The third-order valence-electron chi connectivity index (χ3n) is 3.40. The zero-order valence-corrected chi connectivity index (χ0v) is 13.0. The van der Waals surface area contributed by atoms with E-state index in [1.54, 1.807) is 15.6 Å². The molecular weight excluding hydrogens is 316 g/mol. The Balaban J connectivity index is 2.01. The third kappa shape index (κ3) is 2.37. The molecule has 1 aliphatic heterocycles. The first-order valence-corrected chi connectivity index (χ1v) is 8.95. The first-order chi connectivity index (χ1) is 9.60. The van der Waals surface area contributed by atoms with Gasteiger partial charge in [-0.05, 0) is 30.4 Å². The zero-order valence-electron chi connectivity index (χ0n) is 10.6. The number of hydrogen-bond donors (Lipinski definition) is 0. The summed E-state index contributed by atoms with van der Waals surface area (Å²) >= 11 is 7.60. The third-order valence-corrected chi connectivity index (χ3v) is 6.75. The molecule has 0 amide bonds. The molecule has 0 aromatic carbocycles. The van der Waals surface area contributed by atoms with Crippen LogP contribution in [-0.4, -0.2) is 24.3 Å². The lowest BCUT2D eigenvalue weighted by atomic mass is 10.2. The van der Waals surface area contributed by atoms with Crippen molar-refractivity contribution in [2.24, 2.45) is 0 Å². The van der Waals surface area contributed by atoms with E-state index in [0.717, 1.165) is 17.7 Å². The highest BCUT2D eigenvalue weighted by Gasteiger charge is 2.37. The van der Waals surface area contributed by atoms with Crippen LogP contribution in [0.2, 0.25) is 5.02 Å². The predicted molar refractivity (Wildman–Crippen MR) is 79.4 cm³/mol. The Bertz CT molecular complexity index is 701. The standard InChI is InChI=1S/C13H13ClN2O2S2/c14-10-5-6-15-9-13(10)20(17,18)16-7-1-3-11(16)12-4-2-8-19-12/h2,4-6,8-9,11H,1,3,7H2. The second-order valence-electron chi connectivity index (χ2n) is 4.60. The van der Waals surface area contributed by atoms with E-state index in [4.69, 9.17) is 11.6 Å². The summed E-state index contributed by atoms with van der Waals surface area (Å²) in [6.45, 7) is 0.524. The minimum absolute atomic E-state index is 0.0868. The highest BCUT2D eigenvalue weighted by Crippen LogP contribution is 2.39. The van der Waals surface area contributed by atoms with Crippen LogP contribution in [0, 0.1) is 0 Å². The Kier molecular flexibility index (Phi) is 3.81. The van der Waals surface area contributed by atoms with Crippen molar-refractivity contribution in [2.75, 3.05) is 6.54 Å². The molecule has 0 saturated carbocycles. The lowest BCUT2D eigenvalue weighted by Crippen LogP contribution is -2.30. The predicted octanol–water partition coefficient (Wildman–Crippen LogP) is 3.32. The van der Waals surface area contributed by atoms with E-state index >= 15 is 0 Å². The fourth-order valence-corrected chi connectivity index (χ4v) is 5.49. The van der Waals surface area contributed by atoms with Gasteiger partial charge in [-0.1, -0.05) is 17.7 Å². The van der Waals surface area contributed by atoms with Crippen LogP contribution in [0.3, 0.4) is 0 Å². The summed E-state index contributed by atoms with van der Waals surface area (Å²) in [6.07, 6.45) is 4.51. The largest absolute Gasteiger partial charge is 0.263 e. The maximum atomic E-state index is 12.8. The maximum absolute atomic E-state index is 12.8. The summed E-state index contributed by atoms with van der Waals surface area (Å²) in [5.74, 6) is 0.